The lowest BCUT2D eigenvalue weighted by molar-refractivity contribution is 0.205. The first-order chi connectivity index (χ1) is 17.2. The van der Waals surface area contributed by atoms with Crippen LogP contribution in [0.5, 0.6) is 0 Å². The number of allylic oxidation sites excluding steroid dienone is 1. The number of hydrogen-bond acceptors (Lipinski definition) is 4. The number of nitrogens with zero attached hydrogens (tertiary/aromatic N) is 1. The molecule has 4 nitrogen and oxygen atoms in total. The molecule has 3 aromatic carbocycles. The average Bonchev–Trinajstić information content (AvgIpc) is 2.84. The molecule has 4 aromatic rings. The molecule has 0 aliphatic carbocycles. The fourth-order valence-electron chi connectivity index (χ4n) is 4.17. The van der Waals surface area contributed by atoms with E-state index in [9.17, 15) is 8.42 Å². The van der Waals surface area contributed by atoms with Crippen molar-refractivity contribution >= 4 is 50.3 Å². The van der Waals surface area contributed by atoms with Gasteiger partial charge in [0.2, 0.25) is 0 Å². The summed E-state index contributed by atoms with van der Waals surface area (Å²) in [7, 11) is -3.65. The maximum Gasteiger partial charge on any atom is 0.264 e. The minimum Gasteiger partial charge on any atom is -0.262 e. The number of aryl methyl sites for hydroxylation is 1. The van der Waals surface area contributed by atoms with E-state index >= 15 is 0 Å². The Balaban J connectivity index is 1.58. The normalized spacial score (nSPS) is 12.8. The van der Waals surface area contributed by atoms with E-state index in [4.69, 9.17) is 15.8 Å². The van der Waals surface area contributed by atoms with Crippen LogP contribution in [0.1, 0.15) is 47.4 Å². The van der Waals surface area contributed by atoms with E-state index < -0.39 is 16.2 Å². The standard InChI is InChI=1S/C30H28ClNO3S/c1-21(2)28-10-5-4-8-23(28)14-18-30(35-36(3,33)34)25-9-6-7-22(19-25)11-16-27-17-13-24-12-15-26(31)20-29(24)32-27/h4-13,15-17,19-20,30H,1,14,18H2,2-3H3. The number of rotatable bonds is 9. The Morgan fingerprint density at radius 3 is 2.58 bits per heavy atom. The van der Waals surface area contributed by atoms with Gasteiger partial charge in [-0.15, -0.1) is 0 Å². The summed E-state index contributed by atoms with van der Waals surface area (Å²) in [4.78, 5) is 4.66. The van der Waals surface area contributed by atoms with E-state index in [0.717, 1.165) is 50.7 Å². The molecule has 1 heterocycles. The first kappa shape index (κ1) is 25.8. The van der Waals surface area contributed by atoms with Crippen molar-refractivity contribution in [3.63, 3.8) is 0 Å². The SMILES string of the molecule is C=C(C)c1ccccc1CCC(OS(C)(=O)=O)c1cccc(C=Cc2ccc3ccc(Cl)cc3n2)c1. The molecule has 0 amide bonds. The Kier molecular flexibility index (Phi) is 8.04. The molecule has 0 spiro atoms. The molecule has 6 heteroatoms. The quantitative estimate of drug-likeness (QED) is 0.213. The lowest BCUT2D eigenvalue weighted by Crippen LogP contribution is -2.12. The van der Waals surface area contributed by atoms with E-state index in [1.165, 1.54) is 0 Å². The maximum absolute atomic E-state index is 12.1. The van der Waals surface area contributed by atoms with Crippen molar-refractivity contribution in [1.82, 2.24) is 4.98 Å². The van der Waals surface area contributed by atoms with Gasteiger partial charge in [-0.25, -0.2) is 4.98 Å². The summed E-state index contributed by atoms with van der Waals surface area (Å²) >= 11 is 6.11. The van der Waals surface area contributed by atoms with Crippen LogP contribution < -0.4 is 0 Å². The Labute approximate surface area is 218 Å². The van der Waals surface area contributed by atoms with Gasteiger partial charge in [-0.1, -0.05) is 84.4 Å². The van der Waals surface area contributed by atoms with Crippen LogP contribution >= 0.6 is 11.6 Å². The Hall–Kier alpha value is -3.25. The molecule has 0 N–H and O–H groups in total. The molecule has 0 saturated heterocycles. The molecule has 36 heavy (non-hydrogen) atoms. The Morgan fingerprint density at radius 1 is 1.03 bits per heavy atom. The van der Waals surface area contributed by atoms with Crippen molar-refractivity contribution in [2.24, 2.45) is 0 Å². The lowest BCUT2D eigenvalue weighted by atomic mass is 9.95. The monoisotopic (exact) mass is 517 g/mol. The van der Waals surface area contributed by atoms with Crippen LogP contribution in [-0.4, -0.2) is 19.7 Å². The first-order valence-corrected chi connectivity index (χ1v) is 13.8. The van der Waals surface area contributed by atoms with Gasteiger partial charge in [0.1, 0.15) is 6.10 Å². The Bertz CT molecular complexity index is 1540. The molecule has 0 radical (unpaired) electrons. The lowest BCUT2D eigenvalue weighted by Gasteiger charge is -2.18. The van der Waals surface area contributed by atoms with Crippen LogP contribution in [0, 0.1) is 0 Å². The van der Waals surface area contributed by atoms with Gasteiger partial charge in [-0.05, 0) is 72.4 Å². The van der Waals surface area contributed by atoms with Crippen molar-refractivity contribution in [2.75, 3.05) is 6.26 Å². The third-order valence-electron chi connectivity index (χ3n) is 5.85. The minimum atomic E-state index is -3.65. The molecule has 1 atom stereocenters. The number of aromatic nitrogens is 1. The van der Waals surface area contributed by atoms with Gasteiger partial charge < -0.3 is 0 Å². The molecule has 184 valence electrons. The summed E-state index contributed by atoms with van der Waals surface area (Å²) < 4.78 is 29.6. The summed E-state index contributed by atoms with van der Waals surface area (Å²) in [5.74, 6) is 0. The van der Waals surface area contributed by atoms with Gasteiger partial charge in [0.05, 0.1) is 17.5 Å². The van der Waals surface area contributed by atoms with Crippen molar-refractivity contribution in [3.8, 4) is 0 Å². The van der Waals surface area contributed by atoms with Crippen LogP contribution in [0.15, 0.2) is 85.4 Å². The van der Waals surface area contributed by atoms with Crippen LogP contribution in [0.3, 0.4) is 0 Å². The number of pyridine rings is 1. The van der Waals surface area contributed by atoms with Gasteiger partial charge in [-0.2, -0.15) is 8.42 Å². The van der Waals surface area contributed by atoms with Crippen molar-refractivity contribution in [1.29, 1.82) is 0 Å². The molecule has 0 aliphatic heterocycles. The molecule has 0 aliphatic rings. The number of fused-ring (bicyclic) bond motifs is 1. The summed E-state index contributed by atoms with van der Waals surface area (Å²) in [6.07, 6.45) is 5.53. The zero-order chi connectivity index (χ0) is 25.7. The third kappa shape index (κ3) is 6.91. The Morgan fingerprint density at radius 2 is 1.81 bits per heavy atom. The highest BCUT2D eigenvalue weighted by atomic mass is 35.5. The van der Waals surface area contributed by atoms with E-state index in [2.05, 4.69) is 11.6 Å². The van der Waals surface area contributed by atoms with Gasteiger partial charge in [0.25, 0.3) is 10.1 Å². The van der Waals surface area contributed by atoms with Crippen molar-refractivity contribution in [2.45, 2.75) is 25.9 Å². The van der Waals surface area contributed by atoms with Crippen molar-refractivity contribution < 1.29 is 12.6 Å². The van der Waals surface area contributed by atoms with Gasteiger partial charge >= 0.3 is 0 Å². The maximum atomic E-state index is 12.1. The molecule has 0 fully saturated rings. The first-order valence-electron chi connectivity index (χ1n) is 11.6. The minimum absolute atomic E-state index is 0.511. The van der Waals surface area contributed by atoms with Crippen molar-refractivity contribution in [3.05, 3.63) is 118 Å². The number of halogens is 1. The third-order valence-corrected chi connectivity index (χ3v) is 6.67. The van der Waals surface area contributed by atoms with Gasteiger partial charge in [0, 0.05) is 10.4 Å². The molecule has 1 aromatic heterocycles. The predicted molar refractivity (Wildman–Crippen MR) is 150 cm³/mol. The van der Waals surface area contributed by atoms with Crippen LogP contribution in [0.25, 0.3) is 28.6 Å². The zero-order valence-corrected chi connectivity index (χ0v) is 21.9. The molecule has 0 saturated carbocycles. The fourth-order valence-corrected chi connectivity index (χ4v) is 4.96. The highest BCUT2D eigenvalue weighted by Gasteiger charge is 2.19. The predicted octanol–water partition coefficient (Wildman–Crippen LogP) is 7.74. The van der Waals surface area contributed by atoms with Crippen LogP contribution in [-0.2, 0) is 20.7 Å². The molecule has 4 rings (SSSR count). The molecule has 1 unspecified atom stereocenters. The second kappa shape index (κ2) is 11.2. The topological polar surface area (TPSA) is 56.3 Å². The smallest absolute Gasteiger partial charge is 0.262 e. The zero-order valence-electron chi connectivity index (χ0n) is 20.3. The van der Waals surface area contributed by atoms with E-state index in [1.54, 1.807) is 0 Å². The number of hydrogen-bond donors (Lipinski definition) is 0. The van der Waals surface area contributed by atoms with Gasteiger partial charge in [0.15, 0.2) is 0 Å². The average molecular weight is 518 g/mol. The molecule has 0 bridgehead atoms. The van der Waals surface area contributed by atoms with Crippen LogP contribution in [0.2, 0.25) is 5.02 Å². The van der Waals surface area contributed by atoms with Crippen LogP contribution in [0.4, 0.5) is 0 Å². The van der Waals surface area contributed by atoms with E-state index in [1.807, 2.05) is 97.9 Å². The highest BCUT2D eigenvalue weighted by molar-refractivity contribution is 7.86. The fraction of sp³-hybridized carbons (Fsp3) is 0.167. The largest absolute Gasteiger partial charge is 0.264 e. The number of benzene rings is 3. The van der Waals surface area contributed by atoms with E-state index in [0.29, 0.717) is 17.9 Å². The second-order valence-corrected chi connectivity index (χ2v) is 10.9. The summed E-state index contributed by atoms with van der Waals surface area (Å²) in [6, 6.07) is 25.3. The summed E-state index contributed by atoms with van der Waals surface area (Å²) in [6.45, 7) is 6.03. The molecular weight excluding hydrogens is 490 g/mol. The highest BCUT2D eigenvalue weighted by Crippen LogP contribution is 2.28. The van der Waals surface area contributed by atoms with E-state index in [-0.39, 0.29) is 0 Å². The van der Waals surface area contributed by atoms with Gasteiger partial charge in [-0.3, -0.25) is 4.18 Å². The second-order valence-electron chi connectivity index (χ2n) is 8.84. The summed E-state index contributed by atoms with van der Waals surface area (Å²) in [5, 5.41) is 1.67. The summed E-state index contributed by atoms with van der Waals surface area (Å²) in [5.41, 5.74) is 6.52. The molecular formula is C30H28ClNO3S.